The van der Waals surface area contributed by atoms with Crippen molar-refractivity contribution in [2.45, 2.75) is 63.9 Å². The maximum atomic E-state index is 13.0. The quantitative estimate of drug-likeness (QED) is 0.602. The Balaban J connectivity index is 1.47. The molecule has 2 aromatic carbocycles. The van der Waals surface area contributed by atoms with Crippen LogP contribution in [0.4, 0.5) is 5.82 Å². The molecule has 0 saturated heterocycles. The Morgan fingerprint density at radius 2 is 1.97 bits per heavy atom. The molecule has 5 nitrogen and oxygen atoms in total. The fourth-order valence-electron chi connectivity index (χ4n) is 5.99. The predicted molar refractivity (Wildman–Crippen MR) is 129 cm³/mol. The van der Waals surface area contributed by atoms with Gasteiger partial charge in [-0.3, -0.25) is 9.78 Å². The minimum absolute atomic E-state index is 0.0161. The molecule has 0 aliphatic heterocycles. The number of benzene rings is 2. The fraction of sp³-hybridized carbons (Fsp3) is 0.393. The number of carbonyl (C=O) groups excluding carboxylic acids is 1. The summed E-state index contributed by atoms with van der Waals surface area (Å²) in [4.78, 5) is 21.7. The van der Waals surface area contributed by atoms with Crippen LogP contribution in [-0.4, -0.2) is 27.1 Å². The van der Waals surface area contributed by atoms with Gasteiger partial charge < -0.3 is 10.4 Å². The maximum absolute atomic E-state index is 13.0. The Hall–Kier alpha value is -3.05. The second kappa shape index (κ2) is 8.71. The van der Waals surface area contributed by atoms with Gasteiger partial charge in [0.2, 0.25) is 0 Å². The van der Waals surface area contributed by atoms with E-state index in [9.17, 15) is 9.90 Å². The number of nitrogens with one attached hydrogen (secondary N) is 1. The van der Waals surface area contributed by atoms with Crippen LogP contribution in [0.1, 0.15) is 64.1 Å². The SMILES string of the molecule is Cc1cnc(NC(=O)c2ccc3c(c2)CCC2C[C@H](O)CC[C@@]32Cc2ccccc2)c(C)n1. The number of aromatic nitrogens is 2. The normalized spacial score (nSPS) is 24.0. The lowest BCUT2D eigenvalue weighted by molar-refractivity contribution is 0.0406. The van der Waals surface area contributed by atoms with E-state index in [0.29, 0.717) is 23.0 Å². The van der Waals surface area contributed by atoms with Crippen LogP contribution in [0.5, 0.6) is 0 Å². The summed E-state index contributed by atoms with van der Waals surface area (Å²) in [5.74, 6) is 0.807. The van der Waals surface area contributed by atoms with Crippen LogP contribution in [0.25, 0.3) is 0 Å². The Morgan fingerprint density at radius 1 is 1.15 bits per heavy atom. The average Bonchev–Trinajstić information content (AvgIpc) is 2.81. The Morgan fingerprint density at radius 3 is 2.76 bits per heavy atom. The van der Waals surface area contributed by atoms with Crippen molar-refractivity contribution in [1.29, 1.82) is 0 Å². The molecule has 0 spiro atoms. The molecule has 5 heteroatoms. The number of amides is 1. The molecule has 1 saturated carbocycles. The zero-order valence-electron chi connectivity index (χ0n) is 19.3. The number of rotatable bonds is 4. The third-order valence-electron chi connectivity index (χ3n) is 7.59. The van der Waals surface area contributed by atoms with Gasteiger partial charge in [-0.15, -0.1) is 0 Å². The van der Waals surface area contributed by atoms with Gasteiger partial charge in [0, 0.05) is 11.0 Å². The largest absolute Gasteiger partial charge is 0.393 e. The standard InChI is InChI=1S/C28H31N3O2/c1-18-17-29-26(19(2)30-18)31-27(33)22-9-11-25-21(14-22)8-10-23-15-24(32)12-13-28(23,25)16-20-6-4-3-5-7-20/h3-7,9,11,14,17,23-24,32H,8,10,12-13,15-16H2,1-2H3,(H,29,31,33)/t23?,24-,28+/m1/s1. The van der Waals surface area contributed by atoms with Gasteiger partial charge in [-0.05, 0) is 87.1 Å². The van der Waals surface area contributed by atoms with Crippen LogP contribution in [0.2, 0.25) is 0 Å². The van der Waals surface area contributed by atoms with Crippen molar-refractivity contribution in [3.05, 3.63) is 88.4 Å². The van der Waals surface area contributed by atoms with Crippen LogP contribution < -0.4 is 5.32 Å². The molecule has 0 radical (unpaired) electrons. The minimum atomic E-state index is -0.204. The summed E-state index contributed by atoms with van der Waals surface area (Å²) < 4.78 is 0. The van der Waals surface area contributed by atoms with Gasteiger partial charge in [0.05, 0.1) is 23.7 Å². The number of anilines is 1. The topological polar surface area (TPSA) is 75.1 Å². The van der Waals surface area contributed by atoms with Crippen molar-refractivity contribution in [2.24, 2.45) is 5.92 Å². The number of carbonyl (C=O) groups is 1. The molecule has 2 aliphatic carbocycles. The van der Waals surface area contributed by atoms with E-state index < -0.39 is 0 Å². The fourth-order valence-corrected chi connectivity index (χ4v) is 5.99. The smallest absolute Gasteiger partial charge is 0.256 e. The van der Waals surface area contributed by atoms with E-state index in [-0.39, 0.29) is 17.4 Å². The molecule has 1 amide bonds. The highest BCUT2D eigenvalue weighted by atomic mass is 16.3. The number of hydrogen-bond acceptors (Lipinski definition) is 4. The molecule has 2 aliphatic rings. The van der Waals surface area contributed by atoms with E-state index in [1.807, 2.05) is 19.9 Å². The molecule has 5 rings (SSSR count). The summed E-state index contributed by atoms with van der Waals surface area (Å²) in [6, 6.07) is 16.9. The van der Waals surface area contributed by atoms with E-state index in [0.717, 1.165) is 44.2 Å². The first-order valence-corrected chi connectivity index (χ1v) is 11.9. The van der Waals surface area contributed by atoms with E-state index in [2.05, 4.69) is 57.7 Å². The van der Waals surface area contributed by atoms with Crippen molar-refractivity contribution >= 4 is 11.7 Å². The number of fused-ring (bicyclic) bond motifs is 3. The van der Waals surface area contributed by atoms with Gasteiger partial charge in [0.15, 0.2) is 5.82 Å². The van der Waals surface area contributed by atoms with E-state index >= 15 is 0 Å². The first-order chi connectivity index (χ1) is 15.9. The highest BCUT2D eigenvalue weighted by Gasteiger charge is 2.47. The van der Waals surface area contributed by atoms with Gasteiger partial charge in [-0.1, -0.05) is 36.4 Å². The van der Waals surface area contributed by atoms with Gasteiger partial charge in [-0.2, -0.15) is 0 Å². The monoisotopic (exact) mass is 441 g/mol. The van der Waals surface area contributed by atoms with Gasteiger partial charge in [0.25, 0.3) is 5.91 Å². The molecule has 1 unspecified atom stereocenters. The average molecular weight is 442 g/mol. The number of aliphatic hydroxyl groups is 1. The summed E-state index contributed by atoms with van der Waals surface area (Å²) in [5, 5.41) is 13.3. The molecule has 1 heterocycles. The van der Waals surface area contributed by atoms with Crippen molar-refractivity contribution in [3.63, 3.8) is 0 Å². The van der Waals surface area contributed by atoms with Crippen molar-refractivity contribution in [1.82, 2.24) is 9.97 Å². The second-order valence-electron chi connectivity index (χ2n) is 9.75. The Labute approximate surface area is 195 Å². The second-order valence-corrected chi connectivity index (χ2v) is 9.75. The van der Waals surface area contributed by atoms with Crippen molar-refractivity contribution in [2.75, 3.05) is 5.32 Å². The lowest BCUT2D eigenvalue weighted by Gasteiger charge is -2.50. The predicted octanol–water partition coefficient (Wildman–Crippen LogP) is 4.93. The van der Waals surface area contributed by atoms with Gasteiger partial charge >= 0.3 is 0 Å². The molecule has 33 heavy (non-hydrogen) atoms. The molecule has 2 N–H and O–H groups in total. The zero-order valence-corrected chi connectivity index (χ0v) is 19.3. The van der Waals surface area contributed by atoms with Crippen molar-refractivity contribution in [3.8, 4) is 0 Å². The molecule has 3 atom stereocenters. The van der Waals surface area contributed by atoms with E-state index in [1.165, 1.54) is 16.7 Å². The maximum Gasteiger partial charge on any atom is 0.256 e. The lowest BCUT2D eigenvalue weighted by atomic mass is 9.54. The number of nitrogens with zero attached hydrogens (tertiary/aromatic N) is 2. The number of aryl methyl sites for hydroxylation is 3. The first-order valence-electron chi connectivity index (χ1n) is 11.9. The molecule has 1 aromatic heterocycles. The van der Waals surface area contributed by atoms with Gasteiger partial charge in [-0.25, -0.2) is 4.98 Å². The summed E-state index contributed by atoms with van der Waals surface area (Å²) in [6.07, 6.45) is 7.09. The van der Waals surface area contributed by atoms with E-state index in [4.69, 9.17) is 0 Å². The van der Waals surface area contributed by atoms with E-state index in [1.54, 1.807) is 6.20 Å². The minimum Gasteiger partial charge on any atom is -0.393 e. The van der Waals surface area contributed by atoms with Crippen LogP contribution >= 0.6 is 0 Å². The Kier molecular flexibility index (Phi) is 5.75. The highest BCUT2D eigenvalue weighted by Crippen LogP contribution is 2.52. The molecule has 0 bridgehead atoms. The molecule has 1 fully saturated rings. The summed E-state index contributed by atoms with van der Waals surface area (Å²) >= 11 is 0. The van der Waals surface area contributed by atoms with Gasteiger partial charge in [0.1, 0.15) is 0 Å². The molecular weight excluding hydrogens is 410 g/mol. The van der Waals surface area contributed by atoms with Crippen LogP contribution in [0, 0.1) is 19.8 Å². The van der Waals surface area contributed by atoms with Crippen LogP contribution in [0.15, 0.2) is 54.7 Å². The number of hydrogen-bond donors (Lipinski definition) is 2. The zero-order chi connectivity index (χ0) is 23.0. The highest BCUT2D eigenvalue weighted by molar-refractivity contribution is 6.04. The first kappa shape index (κ1) is 21.8. The summed E-state index contributed by atoms with van der Waals surface area (Å²) in [5.41, 5.74) is 6.17. The summed E-state index contributed by atoms with van der Waals surface area (Å²) in [6.45, 7) is 3.74. The van der Waals surface area contributed by atoms with Crippen molar-refractivity contribution < 1.29 is 9.90 Å². The third kappa shape index (κ3) is 4.18. The Bertz CT molecular complexity index is 1180. The molecule has 170 valence electrons. The third-order valence-corrected chi connectivity index (χ3v) is 7.59. The summed E-state index contributed by atoms with van der Waals surface area (Å²) in [7, 11) is 0. The lowest BCUT2D eigenvalue weighted by Crippen LogP contribution is -2.47. The van der Waals surface area contributed by atoms with Crippen LogP contribution in [-0.2, 0) is 18.3 Å². The number of aliphatic hydroxyl groups excluding tert-OH is 1. The molecular formula is C28H31N3O2. The van der Waals surface area contributed by atoms with Crippen LogP contribution in [0.3, 0.4) is 0 Å². The molecule has 3 aromatic rings.